The van der Waals surface area contributed by atoms with Crippen molar-refractivity contribution < 1.29 is 0 Å². The summed E-state index contributed by atoms with van der Waals surface area (Å²) >= 11 is 0. The monoisotopic (exact) mass is 80.1 g/mol. The van der Waals surface area contributed by atoms with E-state index in [-0.39, 0.29) is 0 Å². The van der Waals surface area contributed by atoms with E-state index in [0.717, 1.165) is 0 Å². The second-order valence-electron chi connectivity index (χ2n) is 1.43. The van der Waals surface area contributed by atoms with Crippen LogP contribution < -0.4 is 0 Å². The molecular formula is C4H10B2. The maximum atomic E-state index is 3.60. The van der Waals surface area contributed by atoms with E-state index in [9.17, 15) is 0 Å². The molecule has 0 saturated heterocycles. The van der Waals surface area contributed by atoms with E-state index in [0.29, 0.717) is 0 Å². The number of rotatable bonds is 3. The van der Waals surface area contributed by atoms with E-state index in [1.54, 1.807) is 0 Å². The van der Waals surface area contributed by atoms with Gasteiger partial charge in [-0.15, -0.1) is 0 Å². The van der Waals surface area contributed by atoms with Crippen LogP contribution in [0.25, 0.3) is 0 Å². The van der Waals surface area contributed by atoms with Gasteiger partial charge in [0.05, 0.1) is 0 Å². The van der Waals surface area contributed by atoms with Gasteiger partial charge >= 0.3 is 40.3 Å². The molecule has 0 aromatic carbocycles. The van der Waals surface area contributed by atoms with Crippen molar-refractivity contribution in [1.29, 1.82) is 0 Å². The molecule has 0 saturated carbocycles. The van der Waals surface area contributed by atoms with Crippen LogP contribution in [0.4, 0.5) is 0 Å². The van der Waals surface area contributed by atoms with Crippen LogP contribution in [0.5, 0.6) is 0 Å². The summed E-state index contributed by atoms with van der Waals surface area (Å²) in [5, 5.41) is 0. The first-order chi connectivity index (χ1) is 2.91. The second-order valence-corrected chi connectivity index (χ2v) is 1.43. The van der Waals surface area contributed by atoms with Crippen LogP contribution in [0, 0.1) is 0 Å². The standard InChI is InChI=1S/C4H10B2/c1-2-3-4-6-5/h5H,2-4H2,1H3. The van der Waals surface area contributed by atoms with Gasteiger partial charge in [0.25, 0.3) is 0 Å². The van der Waals surface area contributed by atoms with Gasteiger partial charge in [0.1, 0.15) is 0 Å². The van der Waals surface area contributed by atoms with Crippen LogP contribution in [-0.4, -0.2) is 14.2 Å². The van der Waals surface area contributed by atoms with Gasteiger partial charge in [0.15, 0.2) is 0 Å². The molecule has 2 heteroatoms. The van der Waals surface area contributed by atoms with Crippen LogP contribution in [0.2, 0.25) is 6.32 Å². The predicted octanol–water partition coefficient (Wildman–Crippen LogP) is 0.725. The second kappa shape index (κ2) is 5.13. The normalized spacial score (nSPS) is 7.33. The molecule has 0 spiro atoms. The molecule has 0 amide bonds. The molecule has 0 nitrogen and oxygen atoms in total. The average Bonchev–Trinajstić information content (AvgIpc) is 1.61. The SMILES string of the molecule is B=BCCCC. The van der Waals surface area contributed by atoms with Crippen molar-refractivity contribution in [2.75, 3.05) is 0 Å². The van der Waals surface area contributed by atoms with Crippen molar-refractivity contribution in [3.05, 3.63) is 0 Å². The molecule has 0 fully saturated rings. The van der Waals surface area contributed by atoms with E-state index in [1.807, 2.05) is 6.80 Å². The molecule has 0 unspecified atom stereocenters. The molecule has 0 aliphatic carbocycles. The van der Waals surface area contributed by atoms with Crippen LogP contribution in [0.3, 0.4) is 0 Å². The Hall–Kier alpha value is 0.130. The van der Waals surface area contributed by atoms with E-state index < -0.39 is 0 Å². The molecule has 0 heterocycles. The molecule has 0 atom stereocenters. The van der Waals surface area contributed by atoms with Crippen molar-refractivity contribution in [3.8, 4) is 0 Å². The summed E-state index contributed by atoms with van der Waals surface area (Å²) in [5.41, 5.74) is 0. The topological polar surface area (TPSA) is 0 Å². The molecule has 32 valence electrons. The molecule has 0 bridgehead atoms. The van der Waals surface area contributed by atoms with Gasteiger partial charge in [0, 0.05) is 0 Å². The van der Waals surface area contributed by atoms with Crippen LogP contribution in [0.15, 0.2) is 0 Å². The zero-order valence-electron chi connectivity index (χ0n) is 4.41. The fourth-order valence-corrected chi connectivity index (χ4v) is 0.348. The summed E-state index contributed by atoms with van der Waals surface area (Å²) in [6.07, 6.45) is 3.76. The van der Waals surface area contributed by atoms with Crippen LogP contribution in [-0.2, 0) is 0 Å². The third-order valence-electron chi connectivity index (χ3n) is 0.762. The Morgan fingerprint density at radius 3 is 2.50 bits per heavy atom. The maximum absolute atomic E-state index is 3.60. The van der Waals surface area contributed by atoms with Crippen molar-refractivity contribution in [2.45, 2.75) is 26.1 Å². The Kier molecular flexibility index (Phi) is 5.24. The van der Waals surface area contributed by atoms with Gasteiger partial charge in [-0.1, -0.05) is 0 Å². The third-order valence-corrected chi connectivity index (χ3v) is 0.762. The Morgan fingerprint density at radius 1 is 1.67 bits per heavy atom. The van der Waals surface area contributed by atoms with Gasteiger partial charge in [-0.05, 0) is 0 Å². The molecular weight excluding hydrogens is 69.7 g/mol. The fraction of sp³-hybridized carbons (Fsp3) is 1.00. The summed E-state index contributed by atoms with van der Waals surface area (Å²) in [6, 6.07) is 0. The molecule has 0 aromatic heterocycles. The van der Waals surface area contributed by atoms with E-state index in [2.05, 4.69) is 14.3 Å². The van der Waals surface area contributed by atoms with Gasteiger partial charge < -0.3 is 0 Å². The molecule has 0 aromatic rings. The van der Waals surface area contributed by atoms with Crippen molar-refractivity contribution in [1.82, 2.24) is 0 Å². The summed E-state index contributed by atoms with van der Waals surface area (Å²) < 4.78 is 0. The number of unbranched alkanes of at least 4 members (excludes halogenated alkanes) is 1. The van der Waals surface area contributed by atoms with Crippen molar-refractivity contribution in [2.24, 2.45) is 0 Å². The zero-order chi connectivity index (χ0) is 4.83. The summed E-state index contributed by atoms with van der Waals surface area (Å²) in [5.74, 6) is 0. The van der Waals surface area contributed by atoms with Gasteiger partial charge in [0.2, 0.25) is 0 Å². The minimum atomic E-state index is 1.18. The quantitative estimate of drug-likeness (QED) is 0.346. The molecule has 6 heavy (non-hydrogen) atoms. The average molecular weight is 79.7 g/mol. The molecule has 0 N–H and O–H groups in total. The zero-order valence-corrected chi connectivity index (χ0v) is 4.41. The Bertz CT molecular complexity index is 34.5. The first kappa shape index (κ1) is 6.13. The Morgan fingerprint density at radius 2 is 2.33 bits per heavy atom. The molecule has 0 radical (unpaired) electrons. The first-order valence-electron chi connectivity index (χ1n) is 2.52. The molecule has 0 aliphatic heterocycles. The van der Waals surface area contributed by atoms with E-state index in [4.69, 9.17) is 0 Å². The van der Waals surface area contributed by atoms with Gasteiger partial charge in [-0.25, -0.2) is 0 Å². The van der Waals surface area contributed by atoms with Crippen molar-refractivity contribution in [3.63, 3.8) is 0 Å². The van der Waals surface area contributed by atoms with Gasteiger partial charge in [-0.2, -0.15) is 0 Å². The Labute approximate surface area is 41.2 Å². The number of hydrogen-bond donors (Lipinski definition) is 0. The fourth-order valence-electron chi connectivity index (χ4n) is 0.348. The Balaban J connectivity index is 2.49. The third kappa shape index (κ3) is 4.13. The van der Waals surface area contributed by atoms with E-state index in [1.165, 1.54) is 19.2 Å². The minimum absolute atomic E-state index is 1.18. The molecule has 0 aliphatic rings. The van der Waals surface area contributed by atoms with Crippen LogP contribution >= 0.6 is 0 Å². The molecule has 0 rings (SSSR count). The van der Waals surface area contributed by atoms with Crippen LogP contribution in [0.1, 0.15) is 19.8 Å². The van der Waals surface area contributed by atoms with E-state index >= 15 is 0 Å². The van der Waals surface area contributed by atoms with Gasteiger partial charge in [-0.3, -0.25) is 0 Å². The predicted molar refractivity (Wildman–Crippen MR) is 32.6 cm³/mol. The van der Waals surface area contributed by atoms with Crippen molar-refractivity contribution >= 4 is 14.2 Å². The summed E-state index contributed by atoms with van der Waals surface area (Å²) in [4.78, 5) is 0. The summed E-state index contributed by atoms with van der Waals surface area (Å²) in [6.45, 7) is 4.15. The first-order valence-corrected chi connectivity index (χ1v) is 2.52. The summed E-state index contributed by atoms with van der Waals surface area (Å²) in [7, 11) is 3.60. The number of hydrogen-bond acceptors (Lipinski definition) is 0.